The van der Waals surface area contributed by atoms with E-state index in [9.17, 15) is 0 Å². The van der Waals surface area contributed by atoms with Crippen LogP contribution in [0, 0.1) is 6.92 Å². The van der Waals surface area contributed by atoms with Crippen LogP contribution in [0.5, 0.6) is 0 Å². The second kappa shape index (κ2) is 6.82. The van der Waals surface area contributed by atoms with Gasteiger partial charge in [0.1, 0.15) is 5.84 Å². The number of hydrogen-bond donors (Lipinski definition) is 2. The first-order valence-corrected chi connectivity index (χ1v) is 6.78. The van der Waals surface area contributed by atoms with E-state index >= 15 is 0 Å². The Morgan fingerprint density at radius 2 is 1.75 bits per heavy atom. The largest absolute Gasteiger partial charge is 0.376 e. The number of aliphatic imine (C=N–C) groups is 1. The molecule has 0 aliphatic carbocycles. The van der Waals surface area contributed by atoms with Gasteiger partial charge < -0.3 is 11.1 Å². The summed E-state index contributed by atoms with van der Waals surface area (Å²) in [7, 11) is 0. The standard InChI is InChI=1S/C16H17N3S/c1-12-7-9-14(10-8-12)15(19-16(17)20)18-11-13-5-3-2-4-6-13/h2-10H,11H2,1H3,(H3,17,18,19,20). The Hall–Kier alpha value is -2.20. The van der Waals surface area contributed by atoms with E-state index < -0.39 is 0 Å². The summed E-state index contributed by atoms with van der Waals surface area (Å²) in [5.74, 6) is 0.696. The van der Waals surface area contributed by atoms with Gasteiger partial charge in [-0.05, 0) is 24.7 Å². The first-order chi connectivity index (χ1) is 9.65. The second-order valence-corrected chi connectivity index (χ2v) is 4.95. The van der Waals surface area contributed by atoms with Crippen LogP contribution in [0.3, 0.4) is 0 Å². The summed E-state index contributed by atoms with van der Waals surface area (Å²) in [5.41, 5.74) is 8.88. The van der Waals surface area contributed by atoms with Crippen LogP contribution in [0.15, 0.2) is 59.6 Å². The van der Waals surface area contributed by atoms with Crippen molar-refractivity contribution in [3.8, 4) is 0 Å². The highest BCUT2D eigenvalue weighted by atomic mass is 32.1. The van der Waals surface area contributed by atoms with Crippen LogP contribution >= 0.6 is 12.2 Å². The lowest BCUT2D eigenvalue weighted by atomic mass is 10.1. The van der Waals surface area contributed by atoms with Gasteiger partial charge in [-0.2, -0.15) is 0 Å². The Morgan fingerprint density at radius 3 is 2.35 bits per heavy atom. The zero-order valence-electron chi connectivity index (χ0n) is 11.3. The van der Waals surface area contributed by atoms with Crippen LogP contribution in [-0.4, -0.2) is 10.9 Å². The smallest absolute Gasteiger partial charge is 0.169 e. The molecule has 3 N–H and O–H groups in total. The minimum absolute atomic E-state index is 0.220. The van der Waals surface area contributed by atoms with E-state index in [1.54, 1.807) is 0 Å². The lowest BCUT2D eigenvalue weighted by Crippen LogP contribution is -2.35. The van der Waals surface area contributed by atoms with E-state index in [0.29, 0.717) is 12.4 Å². The van der Waals surface area contributed by atoms with Gasteiger partial charge in [-0.15, -0.1) is 0 Å². The fourth-order valence-corrected chi connectivity index (χ4v) is 1.88. The third kappa shape index (κ3) is 4.17. The molecule has 0 aliphatic heterocycles. The zero-order valence-corrected chi connectivity index (χ0v) is 12.2. The average Bonchev–Trinajstić information content (AvgIpc) is 2.45. The fourth-order valence-electron chi connectivity index (χ4n) is 1.78. The molecule has 2 aromatic rings. The summed E-state index contributed by atoms with van der Waals surface area (Å²) in [6.45, 7) is 2.63. The summed E-state index contributed by atoms with van der Waals surface area (Å²) in [4.78, 5) is 4.57. The molecule has 0 aliphatic rings. The van der Waals surface area contributed by atoms with Crippen molar-refractivity contribution in [2.45, 2.75) is 13.5 Å². The Kier molecular flexibility index (Phi) is 4.85. The highest BCUT2D eigenvalue weighted by molar-refractivity contribution is 7.80. The van der Waals surface area contributed by atoms with E-state index in [0.717, 1.165) is 11.1 Å². The minimum atomic E-state index is 0.220. The maximum Gasteiger partial charge on any atom is 0.169 e. The lowest BCUT2D eigenvalue weighted by molar-refractivity contribution is 1.05. The summed E-state index contributed by atoms with van der Waals surface area (Å²) >= 11 is 4.91. The van der Waals surface area contributed by atoms with E-state index in [-0.39, 0.29) is 5.11 Å². The Labute approximate surface area is 124 Å². The number of benzene rings is 2. The number of nitrogens with zero attached hydrogens (tertiary/aromatic N) is 1. The number of aryl methyl sites for hydroxylation is 1. The first kappa shape index (κ1) is 14.2. The maximum atomic E-state index is 5.57. The van der Waals surface area contributed by atoms with Gasteiger partial charge in [0, 0.05) is 5.56 Å². The highest BCUT2D eigenvalue weighted by Gasteiger charge is 2.04. The third-order valence-corrected chi connectivity index (χ3v) is 2.93. The molecule has 0 saturated heterocycles. The molecular weight excluding hydrogens is 266 g/mol. The molecule has 4 heteroatoms. The summed E-state index contributed by atoms with van der Waals surface area (Å²) in [6.07, 6.45) is 0. The maximum absolute atomic E-state index is 5.57. The molecule has 0 radical (unpaired) electrons. The Balaban J connectivity index is 2.23. The molecule has 3 nitrogen and oxygen atoms in total. The van der Waals surface area contributed by atoms with Crippen LogP contribution in [0.1, 0.15) is 16.7 Å². The summed E-state index contributed by atoms with van der Waals surface area (Å²) < 4.78 is 0. The number of amidine groups is 1. The molecule has 0 heterocycles. The van der Waals surface area contributed by atoms with Gasteiger partial charge in [0.15, 0.2) is 5.11 Å². The van der Waals surface area contributed by atoms with E-state index in [4.69, 9.17) is 18.0 Å². The van der Waals surface area contributed by atoms with Gasteiger partial charge in [0.05, 0.1) is 6.54 Å². The van der Waals surface area contributed by atoms with Crippen molar-refractivity contribution >= 4 is 23.2 Å². The highest BCUT2D eigenvalue weighted by Crippen LogP contribution is 2.06. The van der Waals surface area contributed by atoms with Crippen molar-refractivity contribution in [1.29, 1.82) is 0 Å². The quantitative estimate of drug-likeness (QED) is 0.517. The van der Waals surface area contributed by atoms with Crippen molar-refractivity contribution < 1.29 is 0 Å². The summed E-state index contributed by atoms with van der Waals surface area (Å²) in [6, 6.07) is 18.1. The van der Waals surface area contributed by atoms with Crippen LogP contribution in [0.25, 0.3) is 0 Å². The van der Waals surface area contributed by atoms with Gasteiger partial charge in [-0.25, -0.2) is 0 Å². The molecule has 0 saturated carbocycles. The predicted octanol–water partition coefficient (Wildman–Crippen LogP) is 2.78. The van der Waals surface area contributed by atoms with Gasteiger partial charge in [-0.1, -0.05) is 60.2 Å². The minimum Gasteiger partial charge on any atom is -0.376 e. The average molecular weight is 283 g/mol. The van der Waals surface area contributed by atoms with Gasteiger partial charge in [0.2, 0.25) is 0 Å². The van der Waals surface area contributed by atoms with Crippen molar-refractivity contribution in [1.82, 2.24) is 5.32 Å². The topological polar surface area (TPSA) is 50.4 Å². The molecule has 2 rings (SSSR count). The molecule has 0 bridgehead atoms. The summed E-state index contributed by atoms with van der Waals surface area (Å²) in [5, 5.41) is 3.16. The number of hydrogen-bond acceptors (Lipinski definition) is 2. The zero-order chi connectivity index (χ0) is 14.4. The van der Waals surface area contributed by atoms with Gasteiger partial charge >= 0.3 is 0 Å². The second-order valence-electron chi connectivity index (χ2n) is 4.51. The monoisotopic (exact) mass is 283 g/mol. The third-order valence-electron chi connectivity index (χ3n) is 2.83. The van der Waals surface area contributed by atoms with Crippen molar-refractivity contribution in [2.75, 3.05) is 0 Å². The van der Waals surface area contributed by atoms with E-state index in [2.05, 4.69) is 10.3 Å². The number of rotatable bonds is 3. The van der Waals surface area contributed by atoms with Crippen molar-refractivity contribution in [3.63, 3.8) is 0 Å². The number of nitrogens with one attached hydrogen (secondary N) is 1. The molecule has 0 amide bonds. The number of thiocarbonyl (C=S) groups is 1. The predicted molar refractivity (Wildman–Crippen MR) is 87.8 cm³/mol. The Bertz CT molecular complexity index is 603. The van der Waals surface area contributed by atoms with Gasteiger partial charge in [-0.3, -0.25) is 4.99 Å². The van der Waals surface area contributed by atoms with Crippen LogP contribution in [-0.2, 0) is 6.54 Å². The molecule has 102 valence electrons. The molecule has 0 aromatic heterocycles. The van der Waals surface area contributed by atoms with Crippen LogP contribution < -0.4 is 11.1 Å². The van der Waals surface area contributed by atoms with Crippen molar-refractivity contribution in [2.24, 2.45) is 10.7 Å². The Morgan fingerprint density at radius 1 is 1.10 bits per heavy atom. The van der Waals surface area contributed by atoms with E-state index in [1.165, 1.54) is 5.56 Å². The fraction of sp³-hybridized carbons (Fsp3) is 0.125. The first-order valence-electron chi connectivity index (χ1n) is 6.37. The molecule has 2 aromatic carbocycles. The molecule has 0 unspecified atom stereocenters. The molecule has 20 heavy (non-hydrogen) atoms. The molecular formula is C16H17N3S. The van der Waals surface area contributed by atoms with Crippen LogP contribution in [0.2, 0.25) is 0 Å². The molecule has 0 atom stereocenters. The molecule has 0 fully saturated rings. The number of nitrogens with two attached hydrogens (primary N) is 1. The lowest BCUT2D eigenvalue weighted by Gasteiger charge is -2.09. The SMILES string of the molecule is Cc1ccc(C(=NCc2ccccc2)NC(N)=S)cc1. The van der Waals surface area contributed by atoms with E-state index in [1.807, 2.05) is 61.5 Å². The molecule has 0 spiro atoms. The van der Waals surface area contributed by atoms with Crippen LogP contribution in [0.4, 0.5) is 0 Å². The van der Waals surface area contributed by atoms with Gasteiger partial charge in [0.25, 0.3) is 0 Å². The van der Waals surface area contributed by atoms with Crippen molar-refractivity contribution in [3.05, 3.63) is 71.3 Å². The normalized spacial score (nSPS) is 11.2.